The first-order valence-corrected chi connectivity index (χ1v) is 7.86. The maximum Gasteiger partial charge on any atom is 0.118 e. The van der Waals surface area contributed by atoms with Gasteiger partial charge in [-0.15, -0.1) is 0 Å². The maximum absolute atomic E-state index is 5.24. The summed E-state index contributed by atoms with van der Waals surface area (Å²) >= 11 is 0. The number of nitrogens with zero attached hydrogens (tertiary/aromatic N) is 1. The van der Waals surface area contributed by atoms with Crippen molar-refractivity contribution >= 4 is 0 Å². The van der Waals surface area contributed by atoms with Crippen LogP contribution < -0.4 is 10.1 Å². The number of hydrogen-bond acceptors (Lipinski definition) is 3. The Labute approximate surface area is 122 Å². The number of fused-ring (bicyclic) bond motifs is 2. The van der Waals surface area contributed by atoms with Gasteiger partial charge in [0.05, 0.1) is 7.11 Å². The second-order valence-corrected chi connectivity index (χ2v) is 6.22. The van der Waals surface area contributed by atoms with E-state index in [4.69, 9.17) is 4.74 Å². The van der Waals surface area contributed by atoms with Crippen LogP contribution in [0.4, 0.5) is 0 Å². The Morgan fingerprint density at radius 1 is 1.15 bits per heavy atom. The molecule has 2 heterocycles. The lowest BCUT2D eigenvalue weighted by atomic mass is 9.81. The summed E-state index contributed by atoms with van der Waals surface area (Å²) in [5.41, 5.74) is 1.41. The van der Waals surface area contributed by atoms with Gasteiger partial charge in [0.2, 0.25) is 0 Å². The summed E-state index contributed by atoms with van der Waals surface area (Å²) in [6.07, 6.45) is 6.76. The molecule has 0 radical (unpaired) electrons. The zero-order valence-electron chi connectivity index (χ0n) is 12.6. The van der Waals surface area contributed by atoms with Gasteiger partial charge in [0.1, 0.15) is 5.75 Å². The van der Waals surface area contributed by atoms with Crippen LogP contribution in [0.1, 0.15) is 37.7 Å². The molecule has 3 nitrogen and oxygen atoms in total. The molecule has 0 saturated carbocycles. The zero-order chi connectivity index (χ0) is 13.9. The number of piperidine rings is 2. The van der Waals surface area contributed by atoms with Gasteiger partial charge in [-0.2, -0.15) is 0 Å². The molecule has 2 saturated heterocycles. The lowest BCUT2D eigenvalue weighted by Gasteiger charge is -2.49. The Morgan fingerprint density at radius 2 is 1.80 bits per heavy atom. The van der Waals surface area contributed by atoms with Crippen molar-refractivity contribution in [1.29, 1.82) is 0 Å². The molecule has 0 spiro atoms. The summed E-state index contributed by atoms with van der Waals surface area (Å²) in [6, 6.07) is 10.8. The van der Waals surface area contributed by atoms with Crippen LogP contribution in [0, 0.1) is 0 Å². The summed E-state index contributed by atoms with van der Waals surface area (Å²) in [5, 5.41) is 3.49. The fraction of sp³-hybridized carbons (Fsp3) is 0.647. The maximum atomic E-state index is 5.24. The van der Waals surface area contributed by atoms with Crippen LogP contribution in [0.25, 0.3) is 0 Å². The van der Waals surface area contributed by atoms with E-state index in [1.165, 1.54) is 37.7 Å². The van der Waals surface area contributed by atoms with Crippen molar-refractivity contribution in [3.05, 3.63) is 29.8 Å². The molecule has 0 amide bonds. The summed E-state index contributed by atoms with van der Waals surface area (Å²) in [7, 11) is 3.83. The summed E-state index contributed by atoms with van der Waals surface area (Å²) < 4.78 is 5.24. The van der Waals surface area contributed by atoms with Gasteiger partial charge < -0.3 is 10.1 Å². The number of benzene rings is 1. The second kappa shape index (κ2) is 6.15. The van der Waals surface area contributed by atoms with Crippen LogP contribution >= 0.6 is 0 Å². The number of methoxy groups -OCH3 is 1. The molecule has 2 bridgehead atoms. The van der Waals surface area contributed by atoms with Crippen LogP contribution in [-0.2, 0) is 6.54 Å². The number of ether oxygens (including phenoxy) is 1. The molecular formula is C17H26N2O. The van der Waals surface area contributed by atoms with Crippen LogP contribution in [0.15, 0.2) is 24.3 Å². The first kappa shape index (κ1) is 13.9. The molecule has 1 aromatic rings. The number of rotatable bonds is 4. The molecule has 0 aromatic heterocycles. The molecular weight excluding hydrogens is 248 g/mol. The van der Waals surface area contributed by atoms with Gasteiger partial charge in [-0.3, -0.25) is 4.90 Å². The molecule has 1 aromatic carbocycles. The van der Waals surface area contributed by atoms with Crippen molar-refractivity contribution in [3.8, 4) is 5.75 Å². The summed E-state index contributed by atoms with van der Waals surface area (Å²) in [4.78, 5) is 2.75. The van der Waals surface area contributed by atoms with E-state index in [0.717, 1.165) is 30.4 Å². The van der Waals surface area contributed by atoms with E-state index in [-0.39, 0.29) is 0 Å². The Kier molecular flexibility index (Phi) is 4.27. The van der Waals surface area contributed by atoms with Crippen LogP contribution in [0.5, 0.6) is 5.75 Å². The summed E-state index contributed by atoms with van der Waals surface area (Å²) in [5.74, 6) is 0.947. The molecule has 20 heavy (non-hydrogen) atoms. The van der Waals surface area contributed by atoms with Crippen molar-refractivity contribution in [2.45, 2.75) is 56.8 Å². The zero-order valence-corrected chi connectivity index (χ0v) is 12.6. The van der Waals surface area contributed by atoms with Gasteiger partial charge in [-0.05, 0) is 50.4 Å². The Balaban J connectivity index is 1.69. The van der Waals surface area contributed by atoms with E-state index in [1.54, 1.807) is 7.11 Å². The standard InChI is InChI=1S/C17H26N2O/c1-18-14-10-15-4-3-5-16(11-14)19(15)12-13-6-8-17(20-2)9-7-13/h6-9,14-16,18H,3-5,10-12H2,1-2H3. The molecule has 110 valence electrons. The molecule has 3 heteroatoms. The first-order valence-electron chi connectivity index (χ1n) is 7.86. The van der Waals surface area contributed by atoms with Crippen molar-refractivity contribution in [1.82, 2.24) is 10.2 Å². The van der Waals surface area contributed by atoms with E-state index in [1.807, 2.05) is 0 Å². The highest BCUT2D eigenvalue weighted by molar-refractivity contribution is 5.27. The van der Waals surface area contributed by atoms with Gasteiger partial charge in [-0.25, -0.2) is 0 Å². The fourth-order valence-electron chi connectivity index (χ4n) is 3.91. The van der Waals surface area contributed by atoms with Gasteiger partial charge in [0.15, 0.2) is 0 Å². The van der Waals surface area contributed by atoms with E-state index in [0.29, 0.717) is 0 Å². The van der Waals surface area contributed by atoms with E-state index < -0.39 is 0 Å². The Bertz CT molecular complexity index is 417. The molecule has 2 aliphatic rings. The summed E-state index contributed by atoms with van der Waals surface area (Å²) in [6.45, 7) is 1.09. The highest BCUT2D eigenvalue weighted by atomic mass is 16.5. The second-order valence-electron chi connectivity index (χ2n) is 6.22. The lowest BCUT2D eigenvalue weighted by Crippen LogP contribution is -2.55. The highest BCUT2D eigenvalue weighted by Crippen LogP contribution is 2.35. The van der Waals surface area contributed by atoms with Gasteiger partial charge >= 0.3 is 0 Å². The van der Waals surface area contributed by atoms with Crippen LogP contribution in [0.2, 0.25) is 0 Å². The van der Waals surface area contributed by atoms with Crippen LogP contribution in [0.3, 0.4) is 0 Å². The van der Waals surface area contributed by atoms with E-state index >= 15 is 0 Å². The third-order valence-electron chi connectivity index (χ3n) is 5.06. The minimum atomic E-state index is 0.720. The molecule has 2 unspecified atom stereocenters. The minimum Gasteiger partial charge on any atom is -0.497 e. The third kappa shape index (κ3) is 2.84. The molecule has 1 N–H and O–H groups in total. The van der Waals surface area contributed by atoms with Crippen molar-refractivity contribution in [2.24, 2.45) is 0 Å². The fourth-order valence-corrected chi connectivity index (χ4v) is 3.91. The number of nitrogens with one attached hydrogen (secondary N) is 1. The van der Waals surface area contributed by atoms with Gasteiger partial charge in [-0.1, -0.05) is 18.6 Å². The van der Waals surface area contributed by atoms with Crippen molar-refractivity contribution in [2.75, 3.05) is 14.2 Å². The van der Waals surface area contributed by atoms with E-state index in [2.05, 4.69) is 41.5 Å². The number of hydrogen-bond donors (Lipinski definition) is 1. The molecule has 3 rings (SSSR count). The quantitative estimate of drug-likeness (QED) is 0.913. The predicted molar refractivity (Wildman–Crippen MR) is 82.0 cm³/mol. The predicted octanol–water partition coefficient (Wildman–Crippen LogP) is 2.80. The van der Waals surface area contributed by atoms with Gasteiger partial charge in [0, 0.05) is 24.7 Å². The van der Waals surface area contributed by atoms with Crippen molar-refractivity contribution in [3.63, 3.8) is 0 Å². The van der Waals surface area contributed by atoms with Gasteiger partial charge in [0.25, 0.3) is 0 Å². The average molecular weight is 274 g/mol. The first-order chi connectivity index (χ1) is 9.80. The smallest absolute Gasteiger partial charge is 0.118 e. The average Bonchev–Trinajstić information content (AvgIpc) is 2.47. The van der Waals surface area contributed by atoms with E-state index in [9.17, 15) is 0 Å². The normalized spacial score (nSPS) is 30.2. The topological polar surface area (TPSA) is 24.5 Å². The monoisotopic (exact) mass is 274 g/mol. The minimum absolute atomic E-state index is 0.720. The Hall–Kier alpha value is -1.06. The molecule has 2 aliphatic heterocycles. The lowest BCUT2D eigenvalue weighted by molar-refractivity contribution is 0.0190. The molecule has 2 fully saturated rings. The molecule has 0 aliphatic carbocycles. The SMILES string of the molecule is CNC1CC2CCCC(C1)N2Cc1ccc(OC)cc1. The highest BCUT2D eigenvalue weighted by Gasteiger charge is 2.37. The van der Waals surface area contributed by atoms with Crippen molar-refractivity contribution < 1.29 is 4.74 Å². The Morgan fingerprint density at radius 3 is 2.35 bits per heavy atom. The van der Waals surface area contributed by atoms with Crippen LogP contribution in [-0.4, -0.2) is 37.2 Å². The third-order valence-corrected chi connectivity index (χ3v) is 5.06. The largest absolute Gasteiger partial charge is 0.497 e. The molecule has 2 atom stereocenters.